The van der Waals surface area contributed by atoms with E-state index in [0.29, 0.717) is 28.1 Å². The third-order valence-corrected chi connectivity index (χ3v) is 7.14. The quantitative estimate of drug-likeness (QED) is 0.0885. The van der Waals surface area contributed by atoms with Crippen LogP contribution >= 0.6 is 15.9 Å². The predicted molar refractivity (Wildman–Crippen MR) is 177 cm³/mol. The van der Waals surface area contributed by atoms with Crippen molar-refractivity contribution in [3.05, 3.63) is 89.3 Å². The van der Waals surface area contributed by atoms with Crippen LogP contribution in [-0.2, 0) is 4.79 Å². The summed E-state index contributed by atoms with van der Waals surface area (Å²) in [6.45, 7) is 6.98. The number of nitrogens with zero attached hydrogens (tertiary/aromatic N) is 2. The molecule has 3 rings (SSSR count). The molecule has 1 heterocycles. The molecule has 0 fully saturated rings. The highest BCUT2D eigenvalue weighted by molar-refractivity contribution is 9.09. The van der Waals surface area contributed by atoms with Crippen molar-refractivity contribution in [2.45, 2.75) is 59.0 Å². The number of halogens is 7. The Morgan fingerprint density at radius 3 is 2.10 bits per heavy atom. The number of benzene rings is 2. The number of aryl methyl sites for hydroxylation is 1. The summed E-state index contributed by atoms with van der Waals surface area (Å²) in [5.74, 6) is -1.48. The molecule has 260 valence electrons. The van der Waals surface area contributed by atoms with Gasteiger partial charge in [0.05, 0.1) is 17.8 Å². The van der Waals surface area contributed by atoms with E-state index >= 15 is 0 Å². The van der Waals surface area contributed by atoms with Crippen LogP contribution in [0.3, 0.4) is 0 Å². The van der Waals surface area contributed by atoms with Crippen LogP contribution in [0.1, 0.15) is 61.1 Å². The highest BCUT2D eigenvalue weighted by Crippen LogP contribution is 2.33. The Kier molecular flexibility index (Phi) is 16.7. The summed E-state index contributed by atoms with van der Waals surface area (Å²) in [7, 11) is 0. The molecule has 2 N–H and O–H groups in total. The molecule has 48 heavy (non-hydrogen) atoms. The molecule has 0 saturated carbocycles. The number of hydrogen-bond acceptors (Lipinski definition) is 4. The molecule has 2 aromatic carbocycles. The van der Waals surface area contributed by atoms with Crippen molar-refractivity contribution in [3.8, 4) is 29.7 Å². The van der Waals surface area contributed by atoms with E-state index in [2.05, 4.69) is 43.9 Å². The van der Waals surface area contributed by atoms with Crippen molar-refractivity contribution in [2.75, 3.05) is 11.9 Å². The molecule has 1 atom stereocenters. The third-order valence-electron chi connectivity index (χ3n) is 6.56. The van der Waals surface area contributed by atoms with Crippen molar-refractivity contribution in [2.24, 2.45) is 0 Å². The monoisotopic (exact) mass is 743 g/mol. The maximum absolute atomic E-state index is 12.8. The van der Waals surface area contributed by atoms with Gasteiger partial charge in [-0.2, -0.15) is 18.3 Å². The summed E-state index contributed by atoms with van der Waals surface area (Å²) in [5, 5.41) is 15.7. The lowest BCUT2D eigenvalue weighted by atomic mass is 9.97. The first kappa shape index (κ1) is 41.5. The van der Waals surface area contributed by atoms with Crippen LogP contribution in [0.25, 0.3) is 16.8 Å². The number of aliphatic carboxylic acids is 1. The number of carbonyl (C=O) groups is 2. The lowest BCUT2D eigenvalue weighted by Crippen LogP contribution is -2.25. The highest BCUT2D eigenvalue weighted by Gasteiger charge is 2.31. The first-order valence-corrected chi connectivity index (χ1v) is 15.4. The fourth-order valence-electron chi connectivity index (χ4n) is 3.74. The van der Waals surface area contributed by atoms with Gasteiger partial charge < -0.3 is 15.2 Å². The van der Waals surface area contributed by atoms with Gasteiger partial charge in [-0.1, -0.05) is 65.7 Å². The summed E-state index contributed by atoms with van der Waals surface area (Å²) >= 11 is 3.27. The van der Waals surface area contributed by atoms with Gasteiger partial charge in [-0.15, -0.1) is 26.0 Å². The lowest BCUT2D eigenvalue weighted by Gasteiger charge is -2.10. The first-order chi connectivity index (χ1) is 22.4. The van der Waals surface area contributed by atoms with Gasteiger partial charge in [0.25, 0.3) is 5.91 Å². The number of allylic oxidation sites excluding steroid dienone is 4. The fraction of sp³-hybridized carbons (Fsp3) is 0.324. The topological polar surface area (TPSA) is 93.5 Å². The SMILES string of the molecule is C#C.CCC(C)c1nn(/C(=C/C=C(\C)C(F)(F)F)CBr)cc1-c1ccc(OC(F)(F)F)cc1.Cc1ccc(C(=O)NCCC(=O)O)cc1. The number of terminal acetylenes is 1. The van der Waals surface area contributed by atoms with E-state index in [1.807, 2.05) is 32.9 Å². The highest BCUT2D eigenvalue weighted by atomic mass is 79.9. The minimum absolute atomic E-state index is 0.0198. The number of hydrogen-bond donors (Lipinski definition) is 2. The van der Waals surface area contributed by atoms with Gasteiger partial charge in [0.2, 0.25) is 0 Å². The molecule has 1 aromatic heterocycles. The Bertz CT molecular complexity index is 1560. The number of nitrogens with one attached hydrogen (secondary N) is 1. The van der Waals surface area contributed by atoms with Gasteiger partial charge in [0.1, 0.15) is 5.75 Å². The maximum atomic E-state index is 12.8. The third kappa shape index (κ3) is 14.1. The van der Waals surface area contributed by atoms with Gasteiger partial charge in [-0.25, -0.2) is 4.68 Å². The number of carboxylic acids is 1. The number of amides is 1. The molecule has 3 aromatic rings. The van der Waals surface area contributed by atoms with Crippen molar-refractivity contribution >= 4 is 33.5 Å². The molecule has 0 saturated heterocycles. The Morgan fingerprint density at radius 1 is 1.04 bits per heavy atom. The first-order valence-electron chi connectivity index (χ1n) is 14.3. The molecule has 0 aliphatic heterocycles. The van der Waals surface area contributed by atoms with E-state index in [4.69, 9.17) is 5.11 Å². The Hall–Kier alpha value is -4.51. The van der Waals surface area contributed by atoms with Gasteiger partial charge in [-0.3, -0.25) is 9.59 Å². The largest absolute Gasteiger partial charge is 0.573 e. The molecule has 0 bridgehead atoms. The van der Waals surface area contributed by atoms with Crippen molar-refractivity contribution < 1.29 is 45.8 Å². The molecule has 14 heteroatoms. The Labute approximate surface area is 283 Å². The van der Waals surface area contributed by atoms with Gasteiger partial charge in [-0.05, 0) is 56.2 Å². The second-order valence-electron chi connectivity index (χ2n) is 10.2. The van der Waals surface area contributed by atoms with Crippen molar-refractivity contribution in [1.29, 1.82) is 0 Å². The lowest BCUT2D eigenvalue weighted by molar-refractivity contribution is -0.274. The second kappa shape index (κ2) is 19.3. The molecule has 0 radical (unpaired) electrons. The number of carbonyl (C=O) groups excluding carboxylic acids is 1. The average molecular weight is 745 g/mol. The Balaban J connectivity index is 0.000000566. The van der Waals surface area contributed by atoms with Gasteiger partial charge in [0, 0.05) is 40.7 Å². The molecule has 7 nitrogen and oxygen atoms in total. The van der Waals surface area contributed by atoms with Crippen LogP contribution in [0.2, 0.25) is 0 Å². The number of alkyl halides is 7. The molecule has 1 amide bonds. The minimum Gasteiger partial charge on any atom is -0.481 e. The molecule has 1 unspecified atom stereocenters. The molecule has 0 spiro atoms. The van der Waals surface area contributed by atoms with E-state index in [-0.39, 0.29) is 35.9 Å². The van der Waals surface area contributed by atoms with E-state index in [1.165, 1.54) is 35.0 Å². The van der Waals surface area contributed by atoms with Crippen LogP contribution < -0.4 is 10.1 Å². The van der Waals surface area contributed by atoms with Gasteiger partial charge in [0.15, 0.2) is 0 Å². The number of carboxylic acid groups (broad SMARTS) is 1. The zero-order valence-corrected chi connectivity index (χ0v) is 28.2. The van der Waals surface area contributed by atoms with Crippen molar-refractivity contribution in [3.63, 3.8) is 0 Å². The summed E-state index contributed by atoms with van der Waals surface area (Å²) in [6.07, 6.45) is 3.44. The summed E-state index contributed by atoms with van der Waals surface area (Å²) in [6, 6.07) is 12.5. The Morgan fingerprint density at radius 2 is 1.62 bits per heavy atom. The van der Waals surface area contributed by atoms with Crippen LogP contribution in [-0.4, -0.2) is 51.2 Å². The average Bonchev–Trinajstić information content (AvgIpc) is 3.46. The zero-order valence-electron chi connectivity index (χ0n) is 26.6. The smallest absolute Gasteiger partial charge is 0.481 e. The predicted octanol–water partition coefficient (Wildman–Crippen LogP) is 9.16. The van der Waals surface area contributed by atoms with E-state index in [1.54, 1.807) is 18.3 Å². The van der Waals surface area contributed by atoms with E-state index < -0.39 is 24.1 Å². The van der Waals surface area contributed by atoms with Crippen LogP contribution in [0.5, 0.6) is 5.75 Å². The van der Waals surface area contributed by atoms with Gasteiger partial charge >= 0.3 is 18.5 Å². The van der Waals surface area contributed by atoms with Crippen molar-refractivity contribution in [1.82, 2.24) is 15.1 Å². The second-order valence-corrected chi connectivity index (χ2v) is 10.7. The minimum atomic E-state index is -4.79. The molecular weight excluding hydrogens is 708 g/mol. The fourth-order valence-corrected chi connectivity index (χ4v) is 4.18. The van der Waals surface area contributed by atoms with Crippen LogP contribution in [0.15, 0.2) is 72.5 Å². The summed E-state index contributed by atoms with van der Waals surface area (Å²) in [5.41, 5.74) is 3.33. The number of rotatable bonds is 11. The normalized spacial score (nSPS) is 12.5. The summed E-state index contributed by atoms with van der Waals surface area (Å²) in [4.78, 5) is 21.6. The molecule has 0 aliphatic rings. The molecule has 0 aliphatic carbocycles. The summed E-state index contributed by atoms with van der Waals surface area (Å²) < 4.78 is 80.9. The number of aromatic nitrogens is 2. The van der Waals surface area contributed by atoms with E-state index in [9.17, 15) is 35.9 Å². The molecular formula is C34H36BrF6N3O4. The maximum Gasteiger partial charge on any atom is 0.573 e. The van der Waals surface area contributed by atoms with Crippen LogP contribution in [0, 0.1) is 19.8 Å². The standard InChI is InChI=1S/C21H21BrF6N2O.C11H13NO3.C2H2/c1-4-13(2)19-18(15-6-9-17(10-7-15)31-21(26,27)28)12-30(29-19)16(11-22)8-5-14(3)20(23,24)25;1-8-2-4-9(5-3-8)11(15)12-7-6-10(13)14;1-2/h5-10,12-13H,4,11H2,1-3H3;2-5H,6-7H2,1H3,(H,12,15)(H,13,14);1-2H/b14-5+,16-8+;;. The van der Waals surface area contributed by atoms with Crippen LogP contribution in [0.4, 0.5) is 26.3 Å². The number of ether oxygens (including phenoxy) is 1. The zero-order chi connectivity index (χ0) is 36.7. The van der Waals surface area contributed by atoms with E-state index in [0.717, 1.165) is 25.0 Å².